The second-order valence-corrected chi connectivity index (χ2v) is 3.49. The lowest BCUT2D eigenvalue weighted by Crippen LogP contribution is -2.46. The molecule has 15 heavy (non-hydrogen) atoms. The summed E-state index contributed by atoms with van der Waals surface area (Å²) < 4.78 is 0. The van der Waals surface area contributed by atoms with Gasteiger partial charge >= 0.3 is 0 Å². The van der Waals surface area contributed by atoms with Crippen LogP contribution in [0.25, 0.3) is 0 Å². The summed E-state index contributed by atoms with van der Waals surface area (Å²) in [4.78, 5) is 24.7. The Kier molecular flexibility index (Phi) is 5.67. The van der Waals surface area contributed by atoms with E-state index in [2.05, 4.69) is 11.9 Å². The van der Waals surface area contributed by atoms with Crippen molar-refractivity contribution < 1.29 is 9.59 Å². The molecule has 0 aliphatic rings. The Morgan fingerprint density at radius 2 is 1.80 bits per heavy atom. The van der Waals surface area contributed by atoms with Gasteiger partial charge in [0.25, 0.3) is 0 Å². The molecule has 0 aromatic rings. The fourth-order valence-corrected chi connectivity index (χ4v) is 1.19. The van der Waals surface area contributed by atoms with Crippen molar-refractivity contribution in [3.63, 3.8) is 0 Å². The van der Waals surface area contributed by atoms with E-state index >= 15 is 0 Å². The van der Waals surface area contributed by atoms with Gasteiger partial charge in [0.05, 0.1) is 0 Å². The molecule has 0 fully saturated rings. The smallest absolute Gasteiger partial charge is 0.246 e. The minimum absolute atomic E-state index is 0.0606. The monoisotopic (exact) mass is 212 g/mol. The van der Waals surface area contributed by atoms with Crippen LogP contribution in [0.3, 0.4) is 0 Å². The van der Waals surface area contributed by atoms with E-state index in [4.69, 9.17) is 0 Å². The molecule has 0 aromatic heterocycles. The number of rotatable bonds is 5. The van der Waals surface area contributed by atoms with Crippen LogP contribution in [0.4, 0.5) is 0 Å². The van der Waals surface area contributed by atoms with Gasteiger partial charge in [0.2, 0.25) is 11.8 Å². The van der Waals surface area contributed by atoms with Crippen molar-refractivity contribution in [2.75, 3.05) is 13.1 Å². The average molecular weight is 212 g/mol. The van der Waals surface area contributed by atoms with Crippen LogP contribution in [-0.4, -0.2) is 35.8 Å². The lowest BCUT2D eigenvalue weighted by Gasteiger charge is -2.23. The Hall–Kier alpha value is -1.32. The van der Waals surface area contributed by atoms with Crippen molar-refractivity contribution >= 4 is 11.8 Å². The van der Waals surface area contributed by atoms with Crippen molar-refractivity contribution in [1.82, 2.24) is 10.2 Å². The van der Waals surface area contributed by atoms with Gasteiger partial charge in [0.15, 0.2) is 0 Å². The van der Waals surface area contributed by atoms with Crippen LogP contribution in [0.15, 0.2) is 12.2 Å². The third-order valence-corrected chi connectivity index (χ3v) is 2.18. The van der Waals surface area contributed by atoms with E-state index in [-0.39, 0.29) is 11.8 Å². The predicted octanol–water partition coefficient (Wildman–Crippen LogP) is 0.936. The molecule has 0 rings (SSSR count). The van der Waals surface area contributed by atoms with Crippen molar-refractivity contribution in [2.24, 2.45) is 0 Å². The molecule has 1 N–H and O–H groups in total. The molecule has 2 amide bonds. The van der Waals surface area contributed by atoms with E-state index < -0.39 is 6.04 Å². The topological polar surface area (TPSA) is 49.4 Å². The quantitative estimate of drug-likeness (QED) is 0.689. The first kappa shape index (κ1) is 13.7. The van der Waals surface area contributed by atoms with E-state index in [9.17, 15) is 9.59 Å². The lowest BCUT2D eigenvalue weighted by atomic mass is 10.2. The molecule has 0 aliphatic heterocycles. The van der Waals surface area contributed by atoms with Gasteiger partial charge in [-0.25, -0.2) is 0 Å². The van der Waals surface area contributed by atoms with Gasteiger partial charge in [-0.05, 0) is 27.7 Å². The Morgan fingerprint density at radius 1 is 1.33 bits per heavy atom. The van der Waals surface area contributed by atoms with Crippen LogP contribution in [0.1, 0.15) is 27.7 Å². The molecule has 0 bridgehead atoms. The van der Waals surface area contributed by atoms with Crippen LogP contribution >= 0.6 is 0 Å². The van der Waals surface area contributed by atoms with Crippen LogP contribution in [0.2, 0.25) is 0 Å². The SMILES string of the molecule is C=C(C)C(=O)N[C@@H](C)C(=O)N(CC)CC. The lowest BCUT2D eigenvalue weighted by molar-refractivity contribution is -0.134. The highest BCUT2D eigenvalue weighted by Gasteiger charge is 2.19. The number of hydrogen-bond acceptors (Lipinski definition) is 2. The summed E-state index contributed by atoms with van der Waals surface area (Å²) in [6.07, 6.45) is 0. The van der Waals surface area contributed by atoms with Gasteiger partial charge in [0, 0.05) is 18.7 Å². The molecule has 1 atom stereocenters. The molecule has 0 unspecified atom stereocenters. The molecule has 0 spiro atoms. The second kappa shape index (κ2) is 6.22. The molecule has 4 nitrogen and oxygen atoms in total. The minimum Gasteiger partial charge on any atom is -0.341 e. The molecule has 86 valence electrons. The summed E-state index contributed by atoms with van der Waals surface area (Å²) in [7, 11) is 0. The van der Waals surface area contributed by atoms with Gasteiger partial charge in [0.1, 0.15) is 6.04 Å². The van der Waals surface area contributed by atoms with Gasteiger partial charge in [-0.15, -0.1) is 0 Å². The summed E-state index contributed by atoms with van der Waals surface area (Å²) in [6.45, 7) is 11.9. The van der Waals surface area contributed by atoms with Gasteiger partial charge < -0.3 is 10.2 Å². The van der Waals surface area contributed by atoms with Crippen molar-refractivity contribution in [3.8, 4) is 0 Å². The van der Waals surface area contributed by atoms with Gasteiger partial charge in [-0.1, -0.05) is 6.58 Å². The summed E-state index contributed by atoms with van der Waals surface area (Å²) in [6, 6.07) is -0.492. The maximum Gasteiger partial charge on any atom is 0.246 e. The van der Waals surface area contributed by atoms with Crippen molar-refractivity contribution in [3.05, 3.63) is 12.2 Å². The Labute approximate surface area is 91.3 Å². The van der Waals surface area contributed by atoms with Crippen LogP contribution < -0.4 is 5.32 Å². The Balaban J connectivity index is 4.32. The first-order chi connectivity index (χ1) is 6.93. The number of nitrogens with one attached hydrogen (secondary N) is 1. The van der Waals surface area contributed by atoms with E-state index in [1.807, 2.05) is 13.8 Å². The zero-order valence-corrected chi connectivity index (χ0v) is 9.96. The first-order valence-corrected chi connectivity index (χ1v) is 5.19. The largest absolute Gasteiger partial charge is 0.341 e. The number of likely N-dealkylation sites (N-methyl/N-ethyl adjacent to an activating group) is 1. The number of carbonyl (C=O) groups is 2. The van der Waals surface area contributed by atoms with Crippen LogP contribution in [0, 0.1) is 0 Å². The van der Waals surface area contributed by atoms with E-state index in [1.165, 1.54) is 0 Å². The highest BCUT2D eigenvalue weighted by Crippen LogP contribution is 1.96. The highest BCUT2D eigenvalue weighted by atomic mass is 16.2. The molecule has 0 radical (unpaired) electrons. The standard InChI is InChI=1S/C11H20N2O2/c1-6-13(7-2)11(15)9(5)12-10(14)8(3)4/h9H,3,6-7H2,1-2,4-5H3,(H,12,14)/t9-/m0/s1. The maximum absolute atomic E-state index is 11.7. The maximum atomic E-state index is 11.7. The summed E-state index contributed by atoms with van der Waals surface area (Å²) in [5.41, 5.74) is 0.411. The highest BCUT2D eigenvalue weighted by molar-refractivity contribution is 5.95. The van der Waals surface area contributed by atoms with Gasteiger partial charge in [-0.3, -0.25) is 9.59 Å². The second-order valence-electron chi connectivity index (χ2n) is 3.49. The minimum atomic E-state index is -0.492. The Morgan fingerprint density at radius 3 is 2.13 bits per heavy atom. The fraction of sp³-hybridized carbons (Fsp3) is 0.636. The molecule has 0 saturated heterocycles. The Bertz CT molecular complexity index is 257. The van der Waals surface area contributed by atoms with E-state index in [1.54, 1.807) is 18.7 Å². The molecule has 0 aromatic carbocycles. The normalized spacial score (nSPS) is 11.7. The third kappa shape index (κ3) is 4.14. The average Bonchev–Trinajstić information content (AvgIpc) is 2.19. The van der Waals surface area contributed by atoms with Gasteiger partial charge in [-0.2, -0.15) is 0 Å². The summed E-state index contributed by atoms with van der Waals surface area (Å²) in [5, 5.41) is 2.60. The van der Waals surface area contributed by atoms with Crippen molar-refractivity contribution in [2.45, 2.75) is 33.7 Å². The zero-order valence-electron chi connectivity index (χ0n) is 9.96. The number of hydrogen-bond donors (Lipinski definition) is 1. The third-order valence-electron chi connectivity index (χ3n) is 2.18. The number of nitrogens with zero attached hydrogens (tertiary/aromatic N) is 1. The van der Waals surface area contributed by atoms with E-state index in [0.717, 1.165) is 0 Å². The molecule has 0 aliphatic carbocycles. The predicted molar refractivity (Wildman–Crippen MR) is 60.3 cm³/mol. The number of carbonyl (C=O) groups excluding carboxylic acids is 2. The summed E-state index contributed by atoms with van der Waals surface area (Å²) in [5.74, 6) is -0.336. The van der Waals surface area contributed by atoms with Crippen LogP contribution in [-0.2, 0) is 9.59 Å². The molecular formula is C11H20N2O2. The number of amides is 2. The zero-order chi connectivity index (χ0) is 12.0. The fourth-order valence-electron chi connectivity index (χ4n) is 1.19. The first-order valence-electron chi connectivity index (χ1n) is 5.19. The molecule has 0 heterocycles. The van der Waals surface area contributed by atoms with Crippen LogP contribution in [0.5, 0.6) is 0 Å². The summed E-state index contributed by atoms with van der Waals surface area (Å²) >= 11 is 0. The molecular weight excluding hydrogens is 192 g/mol. The molecule has 0 saturated carbocycles. The van der Waals surface area contributed by atoms with Crippen molar-refractivity contribution in [1.29, 1.82) is 0 Å². The van der Waals surface area contributed by atoms with E-state index in [0.29, 0.717) is 18.7 Å². The molecule has 4 heteroatoms.